The number of anilines is 3. The normalized spacial score (nSPS) is 12.2. The van der Waals surface area contributed by atoms with Crippen molar-refractivity contribution in [3.8, 4) is 11.1 Å². The zero-order valence-electron chi connectivity index (χ0n) is 24.1. The number of hydrogen-bond donors (Lipinski definition) is 3. The SMILES string of the molecule is CCN(CC)Cc1ccc(NC(=O)Nc2ccc(-c3cc(C(C)(C)C)nc4c3c(N)nn4C)cc2)cc1C(F)(F)F. The minimum absolute atomic E-state index is 0.0516. The lowest BCUT2D eigenvalue weighted by Gasteiger charge is -2.21. The molecule has 0 spiro atoms. The smallest absolute Gasteiger partial charge is 0.382 e. The van der Waals surface area contributed by atoms with Gasteiger partial charge in [0.05, 0.1) is 10.9 Å². The van der Waals surface area contributed by atoms with Gasteiger partial charge in [0.1, 0.15) is 0 Å². The van der Waals surface area contributed by atoms with Crippen LogP contribution in [0.4, 0.5) is 35.2 Å². The molecule has 4 aromatic rings. The monoisotopic (exact) mass is 567 g/mol. The molecule has 0 aliphatic rings. The van der Waals surface area contributed by atoms with E-state index in [0.29, 0.717) is 30.2 Å². The second kappa shape index (κ2) is 11.4. The van der Waals surface area contributed by atoms with Gasteiger partial charge in [-0.2, -0.15) is 18.3 Å². The number of aryl methyl sites for hydroxylation is 1. The van der Waals surface area contributed by atoms with E-state index in [-0.39, 0.29) is 23.2 Å². The molecule has 218 valence electrons. The van der Waals surface area contributed by atoms with Crippen molar-refractivity contribution in [2.75, 3.05) is 29.5 Å². The molecule has 41 heavy (non-hydrogen) atoms. The maximum absolute atomic E-state index is 13.8. The molecule has 0 aliphatic heterocycles. The summed E-state index contributed by atoms with van der Waals surface area (Å²) in [5.74, 6) is 0.369. The highest BCUT2D eigenvalue weighted by Gasteiger charge is 2.34. The highest BCUT2D eigenvalue weighted by atomic mass is 19.4. The van der Waals surface area contributed by atoms with Gasteiger partial charge in [-0.25, -0.2) is 14.5 Å². The number of rotatable bonds is 7. The van der Waals surface area contributed by atoms with Crippen LogP contribution in [0.2, 0.25) is 0 Å². The summed E-state index contributed by atoms with van der Waals surface area (Å²) < 4.78 is 43.1. The van der Waals surface area contributed by atoms with Crippen molar-refractivity contribution in [3.63, 3.8) is 0 Å². The first-order valence-corrected chi connectivity index (χ1v) is 13.5. The number of pyridine rings is 1. The number of benzene rings is 2. The Hall–Kier alpha value is -4.12. The van der Waals surface area contributed by atoms with Gasteiger partial charge >= 0.3 is 12.2 Å². The summed E-state index contributed by atoms with van der Waals surface area (Å²) in [5.41, 5.74) is 9.21. The van der Waals surface area contributed by atoms with Crippen LogP contribution in [-0.2, 0) is 25.2 Å². The number of carbonyl (C=O) groups excluding carboxylic acids is 1. The van der Waals surface area contributed by atoms with Crippen molar-refractivity contribution in [2.45, 2.75) is 52.8 Å². The largest absolute Gasteiger partial charge is 0.416 e. The molecular formula is C30H36F3N7O. The van der Waals surface area contributed by atoms with E-state index in [1.54, 1.807) is 23.9 Å². The number of halogens is 3. The first kappa shape index (κ1) is 29.9. The van der Waals surface area contributed by atoms with Crippen LogP contribution in [0.3, 0.4) is 0 Å². The number of nitrogens with one attached hydrogen (secondary N) is 2. The average Bonchev–Trinajstić information content (AvgIpc) is 3.19. The molecule has 0 saturated carbocycles. The van der Waals surface area contributed by atoms with Gasteiger partial charge in [-0.15, -0.1) is 0 Å². The first-order valence-electron chi connectivity index (χ1n) is 13.5. The fraction of sp³-hybridized carbons (Fsp3) is 0.367. The van der Waals surface area contributed by atoms with Gasteiger partial charge in [0.25, 0.3) is 0 Å². The lowest BCUT2D eigenvalue weighted by atomic mass is 9.89. The van der Waals surface area contributed by atoms with Crippen molar-refractivity contribution < 1.29 is 18.0 Å². The van der Waals surface area contributed by atoms with Gasteiger partial charge in [-0.05, 0) is 60.1 Å². The predicted molar refractivity (Wildman–Crippen MR) is 158 cm³/mol. The highest BCUT2D eigenvalue weighted by molar-refractivity contribution is 6.02. The summed E-state index contributed by atoms with van der Waals surface area (Å²) in [6.45, 7) is 11.5. The van der Waals surface area contributed by atoms with Crippen LogP contribution in [0.15, 0.2) is 48.5 Å². The first-order chi connectivity index (χ1) is 19.2. The molecule has 4 N–H and O–H groups in total. The number of urea groups is 1. The molecule has 2 amide bonds. The summed E-state index contributed by atoms with van der Waals surface area (Å²) >= 11 is 0. The quantitative estimate of drug-likeness (QED) is 0.223. The average molecular weight is 568 g/mol. The predicted octanol–water partition coefficient (Wildman–Crippen LogP) is 7.02. The van der Waals surface area contributed by atoms with Crippen molar-refractivity contribution in [1.82, 2.24) is 19.7 Å². The van der Waals surface area contributed by atoms with E-state index in [1.807, 2.05) is 36.9 Å². The molecule has 11 heteroatoms. The Balaban J connectivity index is 1.55. The number of hydrogen-bond acceptors (Lipinski definition) is 5. The van der Waals surface area contributed by atoms with Crippen LogP contribution in [-0.4, -0.2) is 38.8 Å². The van der Waals surface area contributed by atoms with Crippen molar-refractivity contribution in [1.29, 1.82) is 0 Å². The van der Waals surface area contributed by atoms with Crippen molar-refractivity contribution >= 4 is 34.3 Å². The van der Waals surface area contributed by atoms with Gasteiger partial charge in [0.15, 0.2) is 11.5 Å². The van der Waals surface area contributed by atoms with Crippen LogP contribution in [0, 0.1) is 0 Å². The topological polar surface area (TPSA) is 101 Å². The fourth-order valence-electron chi connectivity index (χ4n) is 4.66. The molecular weight excluding hydrogens is 531 g/mol. The van der Waals surface area contributed by atoms with E-state index in [1.165, 1.54) is 12.1 Å². The van der Waals surface area contributed by atoms with Gasteiger partial charge in [-0.1, -0.05) is 52.8 Å². The van der Waals surface area contributed by atoms with E-state index < -0.39 is 17.8 Å². The lowest BCUT2D eigenvalue weighted by molar-refractivity contribution is -0.138. The third kappa shape index (κ3) is 6.62. The Kier molecular flexibility index (Phi) is 8.30. The van der Waals surface area contributed by atoms with Gasteiger partial charge < -0.3 is 16.4 Å². The third-order valence-corrected chi connectivity index (χ3v) is 7.00. The molecule has 0 atom stereocenters. The molecule has 4 rings (SSSR count). The van der Waals surface area contributed by atoms with E-state index >= 15 is 0 Å². The minimum Gasteiger partial charge on any atom is -0.382 e. The molecule has 8 nitrogen and oxygen atoms in total. The zero-order chi connectivity index (χ0) is 30.1. The van der Waals surface area contributed by atoms with Crippen LogP contribution in [0.5, 0.6) is 0 Å². The molecule has 0 bridgehead atoms. The summed E-state index contributed by atoms with van der Waals surface area (Å²) in [6, 6.07) is 12.3. The summed E-state index contributed by atoms with van der Waals surface area (Å²) in [5, 5.41) is 10.3. The second-order valence-electron chi connectivity index (χ2n) is 11.0. The molecule has 0 fully saturated rings. The number of carbonyl (C=O) groups is 1. The number of alkyl halides is 3. The Morgan fingerprint density at radius 1 is 0.976 bits per heavy atom. The van der Waals surface area contributed by atoms with Crippen LogP contribution < -0.4 is 16.4 Å². The Morgan fingerprint density at radius 3 is 2.17 bits per heavy atom. The van der Waals surface area contributed by atoms with E-state index in [2.05, 4.69) is 36.5 Å². The van der Waals surface area contributed by atoms with Crippen LogP contribution in [0.25, 0.3) is 22.2 Å². The summed E-state index contributed by atoms with van der Waals surface area (Å²) in [4.78, 5) is 19.4. The number of nitrogens with zero attached hydrogens (tertiary/aromatic N) is 4. The molecule has 0 saturated heterocycles. The lowest BCUT2D eigenvalue weighted by Crippen LogP contribution is -2.24. The minimum atomic E-state index is -4.55. The molecule has 2 aromatic heterocycles. The summed E-state index contributed by atoms with van der Waals surface area (Å²) in [6.07, 6.45) is -4.55. The molecule has 0 aliphatic carbocycles. The van der Waals surface area contributed by atoms with E-state index in [4.69, 9.17) is 10.7 Å². The van der Waals surface area contributed by atoms with Gasteiger partial charge in [0.2, 0.25) is 0 Å². The number of amides is 2. The molecule has 0 radical (unpaired) electrons. The molecule has 0 unspecified atom stereocenters. The van der Waals surface area contributed by atoms with E-state index in [0.717, 1.165) is 28.3 Å². The second-order valence-corrected chi connectivity index (χ2v) is 11.0. The van der Waals surface area contributed by atoms with E-state index in [9.17, 15) is 18.0 Å². The van der Waals surface area contributed by atoms with Gasteiger partial charge in [0, 0.05) is 36.1 Å². The Labute approximate surface area is 237 Å². The zero-order valence-corrected chi connectivity index (χ0v) is 24.1. The summed E-state index contributed by atoms with van der Waals surface area (Å²) in [7, 11) is 1.80. The number of fused-ring (bicyclic) bond motifs is 1. The standard InChI is InChI=1S/C30H36F3N7O/c1-7-40(8-2)17-19-11-14-21(15-23(19)30(31,32)33)36-28(41)35-20-12-9-18(10-13-20)22-16-24(29(3,4)5)37-27-25(22)26(34)38-39(27)6/h9-16H,7-8,17H2,1-6H3,(H2,34,38)(H2,35,36,41). The van der Waals surface area contributed by atoms with Crippen LogP contribution >= 0.6 is 0 Å². The maximum Gasteiger partial charge on any atom is 0.416 e. The Bertz CT molecular complexity index is 1550. The number of nitrogens with two attached hydrogens (primary N) is 1. The van der Waals surface area contributed by atoms with Crippen molar-refractivity contribution in [2.24, 2.45) is 7.05 Å². The Morgan fingerprint density at radius 2 is 1.59 bits per heavy atom. The highest BCUT2D eigenvalue weighted by Crippen LogP contribution is 2.36. The molecule has 2 aromatic carbocycles. The van der Waals surface area contributed by atoms with Crippen molar-refractivity contribution in [3.05, 3.63) is 65.4 Å². The maximum atomic E-state index is 13.8. The van der Waals surface area contributed by atoms with Gasteiger partial charge in [-0.3, -0.25) is 4.90 Å². The fourth-order valence-corrected chi connectivity index (χ4v) is 4.66. The van der Waals surface area contributed by atoms with Crippen LogP contribution in [0.1, 0.15) is 51.4 Å². The third-order valence-electron chi connectivity index (χ3n) is 7.00. The number of nitrogen functional groups attached to an aromatic ring is 1. The number of aromatic nitrogens is 3. The molecule has 2 heterocycles.